The molecule has 72 valence electrons. The van der Waals surface area contributed by atoms with Crippen molar-refractivity contribution in [3.63, 3.8) is 0 Å². The lowest BCUT2D eigenvalue weighted by molar-refractivity contribution is 0.322. The van der Waals surface area contributed by atoms with Gasteiger partial charge in [0.15, 0.2) is 0 Å². The molecule has 0 aliphatic rings. The number of rotatable bonds is 4. The fourth-order valence-electron chi connectivity index (χ4n) is 0.947. The summed E-state index contributed by atoms with van der Waals surface area (Å²) in [5.74, 6) is 0.731. The maximum atomic E-state index is 8.65. The molecule has 1 aromatic rings. The average Bonchev–Trinajstić information content (AvgIpc) is 2.15. The van der Waals surface area contributed by atoms with E-state index in [-0.39, 0.29) is 6.61 Å². The van der Waals surface area contributed by atoms with Crippen LogP contribution in [-0.4, -0.2) is 17.5 Å². The van der Waals surface area contributed by atoms with Gasteiger partial charge in [0.2, 0.25) is 0 Å². The molecule has 0 atom stereocenters. The van der Waals surface area contributed by atoms with Crippen LogP contribution in [0.2, 0.25) is 0 Å². The molecule has 0 radical (unpaired) electrons. The first-order valence-corrected chi connectivity index (χ1v) is 5.78. The molecule has 0 aliphatic heterocycles. The van der Waals surface area contributed by atoms with Crippen LogP contribution in [0.4, 0.5) is 0 Å². The van der Waals surface area contributed by atoms with Gasteiger partial charge >= 0.3 is 0 Å². The van der Waals surface area contributed by atoms with Crippen LogP contribution in [0.15, 0.2) is 27.6 Å². The number of benzene rings is 1. The summed E-state index contributed by atoms with van der Waals surface area (Å²) in [6.07, 6.45) is 0. The van der Waals surface area contributed by atoms with E-state index >= 15 is 0 Å². The van der Waals surface area contributed by atoms with Gasteiger partial charge in [0, 0.05) is 21.7 Å². The number of aliphatic hydroxyl groups excluding tert-OH is 1. The average molecular weight is 262 g/mol. The van der Waals surface area contributed by atoms with Crippen LogP contribution in [0.1, 0.15) is 5.56 Å². The molecule has 2 nitrogen and oxygen atoms in total. The Balaban J connectivity index is 2.71. The van der Waals surface area contributed by atoms with Gasteiger partial charge in [0.1, 0.15) is 0 Å². The summed E-state index contributed by atoms with van der Waals surface area (Å²) in [6, 6.07) is 6.06. The van der Waals surface area contributed by atoms with Crippen LogP contribution < -0.4 is 5.73 Å². The summed E-state index contributed by atoms with van der Waals surface area (Å²) in [7, 11) is 0. The van der Waals surface area contributed by atoms with Gasteiger partial charge in [-0.2, -0.15) is 0 Å². The molecule has 0 fully saturated rings. The highest BCUT2D eigenvalue weighted by molar-refractivity contribution is 9.10. The second-order valence-electron chi connectivity index (χ2n) is 2.53. The molecule has 1 rings (SSSR count). The van der Waals surface area contributed by atoms with Gasteiger partial charge in [-0.25, -0.2) is 0 Å². The zero-order valence-electron chi connectivity index (χ0n) is 7.16. The normalized spacial score (nSPS) is 10.4. The zero-order chi connectivity index (χ0) is 9.68. The van der Waals surface area contributed by atoms with Crippen molar-refractivity contribution in [3.05, 3.63) is 28.2 Å². The van der Waals surface area contributed by atoms with Crippen LogP contribution in [0.3, 0.4) is 0 Å². The number of hydrogen-bond donors (Lipinski definition) is 2. The highest BCUT2D eigenvalue weighted by Gasteiger charge is 1.99. The molecular weight excluding hydrogens is 250 g/mol. The molecule has 4 heteroatoms. The first-order valence-electron chi connectivity index (χ1n) is 4.00. The van der Waals surface area contributed by atoms with Crippen molar-refractivity contribution in [2.24, 2.45) is 5.73 Å². The van der Waals surface area contributed by atoms with Crippen LogP contribution in [-0.2, 0) is 6.54 Å². The van der Waals surface area contributed by atoms with Gasteiger partial charge in [0.25, 0.3) is 0 Å². The minimum atomic E-state index is 0.209. The second-order valence-corrected chi connectivity index (χ2v) is 4.55. The Morgan fingerprint density at radius 2 is 2.23 bits per heavy atom. The first kappa shape index (κ1) is 11.0. The van der Waals surface area contributed by atoms with Crippen LogP contribution in [0, 0.1) is 0 Å². The van der Waals surface area contributed by atoms with E-state index in [1.54, 1.807) is 11.8 Å². The predicted molar refractivity (Wildman–Crippen MR) is 59.8 cm³/mol. The van der Waals surface area contributed by atoms with Gasteiger partial charge < -0.3 is 10.8 Å². The quantitative estimate of drug-likeness (QED) is 0.816. The van der Waals surface area contributed by atoms with E-state index in [0.717, 1.165) is 20.7 Å². The lowest BCUT2D eigenvalue weighted by Crippen LogP contribution is -1.97. The van der Waals surface area contributed by atoms with Gasteiger partial charge in [-0.05, 0) is 17.7 Å². The van der Waals surface area contributed by atoms with Crippen LogP contribution in [0.5, 0.6) is 0 Å². The summed E-state index contributed by atoms with van der Waals surface area (Å²) in [4.78, 5) is 1.15. The van der Waals surface area contributed by atoms with Crippen molar-refractivity contribution in [1.29, 1.82) is 0 Å². The highest BCUT2D eigenvalue weighted by atomic mass is 79.9. The molecule has 0 saturated carbocycles. The molecule has 0 bridgehead atoms. The third kappa shape index (κ3) is 3.31. The van der Waals surface area contributed by atoms with Crippen molar-refractivity contribution in [3.8, 4) is 0 Å². The van der Waals surface area contributed by atoms with Gasteiger partial charge in [0.05, 0.1) is 6.61 Å². The fourth-order valence-corrected chi connectivity index (χ4v) is 2.33. The lowest BCUT2D eigenvalue weighted by Gasteiger charge is -2.04. The van der Waals surface area contributed by atoms with Gasteiger partial charge in [-0.3, -0.25) is 0 Å². The fraction of sp³-hybridized carbons (Fsp3) is 0.333. The lowest BCUT2D eigenvalue weighted by atomic mass is 10.2. The summed E-state index contributed by atoms with van der Waals surface area (Å²) < 4.78 is 1.04. The summed E-state index contributed by atoms with van der Waals surface area (Å²) in [5.41, 5.74) is 6.63. The molecule has 0 amide bonds. The number of thioether (sulfide) groups is 1. The number of nitrogens with two attached hydrogens (primary N) is 1. The highest BCUT2D eigenvalue weighted by Crippen LogP contribution is 2.24. The number of halogens is 1. The van der Waals surface area contributed by atoms with Crippen molar-refractivity contribution >= 4 is 27.7 Å². The summed E-state index contributed by atoms with van der Waals surface area (Å²) in [5, 5.41) is 8.65. The van der Waals surface area contributed by atoms with Crippen molar-refractivity contribution < 1.29 is 5.11 Å². The van der Waals surface area contributed by atoms with Crippen molar-refractivity contribution in [2.45, 2.75) is 11.4 Å². The molecule has 13 heavy (non-hydrogen) atoms. The first-order chi connectivity index (χ1) is 6.27. The van der Waals surface area contributed by atoms with Gasteiger partial charge in [-0.1, -0.05) is 22.0 Å². The Labute approximate surface area is 90.7 Å². The third-order valence-electron chi connectivity index (χ3n) is 1.60. The SMILES string of the molecule is NCc1ccc(SCCO)cc1Br. The summed E-state index contributed by atoms with van der Waals surface area (Å²) in [6.45, 7) is 0.756. The molecule has 0 spiro atoms. The molecule has 0 saturated heterocycles. The topological polar surface area (TPSA) is 46.2 Å². The van der Waals surface area contributed by atoms with E-state index in [0.29, 0.717) is 6.54 Å². The molecule has 0 aliphatic carbocycles. The summed E-state index contributed by atoms with van der Waals surface area (Å²) >= 11 is 5.08. The van der Waals surface area contributed by atoms with Crippen molar-refractivity contribution in [2.75, 3.05) is 12.4 Å². The van der Waals surface area contributed by atoms with Gasteiger partial charge in [-0.15, -0.1) is 11.8 Å². The van der Waals surface area contributed by atoms with Crippen LogP contribution in [0.25, 0.3) is 0 Å². The maximum Gasteiger partial charge on any atom is 0.0525 e. The molecule has 0 unspecified atom stereocenters. The maximum absolute atomic E-state index is 8.65. The number of hydrogen-bond acceptors (Lipinski definition) is 3. The van der Waals surface area contributed by atoms with Crippen molar-refractivity contribution in [1.82, 2.24) is 0 Å². The smallest absolute Gasteiger partial charge is 0.0525 e. The molecule has 0 aromatic heterocycles. The minimum Gasteiger partial charge on any atom is -0.396 e. The standard InChI is InChI=1S/C9H12BrNOS/c10-9-5-8(13-4-3-12)2-1-7(9)6-11/h1-2,5,12H,3-4,6,11H2. The third-order valence-corrected chi connectivity index (χ3v) is 3.32. The van der Waals surface area contributed by atoms with E-state index in [9.17, 15) is 0 Å². The largest absolute Gasteiger partial charge is 0.396 e. The van der Waals surface area contributed by atoms with E-state index in [2.05, 4.69) is 15.9 Å². The number of aliphatic hydroxyl groups is 1. The van der Waals surface area contributed by atoms with E-state index in [4.69, 9.17) is 10.8 Å². The molecule has 1 aromatic carbocycles. The predicted octanol–water partition coefficient (Wildman–Crippen LogP) is 1.99. The Kier molecular flexibility index (Phi) is 4.80. The Bertz CT molecular complexity index is 280. The van der Waals surface area contributed by atoms with E-state index in [1.165, 1.54) is 0 Å². The Morgan fingerprint density at radius 3 is 2.77 bits per heavy atom. The Hall–Kier alpha value is -0.0300. The van der Waals surface area contributed by atoms with E-state index in [1.807, 2.05) is 18.2 Å². The van der Waals surface area contributed by atoms with Crippen LogP contribution >= 0.6 is 27.7 Å². The monoisotopic (exact) mass is 261 g/mol. The molecule has 3 N–H and O–H groups in total. The second kappa shape index (κ2) is 5.65. The molecule has 0 heterocycles. The Morgan fingerprint density at radius 1 is 1.46 bits per heavy atom. The molecular formula is C9H12BrNOS. The van der Waals surface area contributed by atoms with E-state index < -0.39 is 0 Å². The zero-order valence-corrected chi connectivity index (χ0v) is 9.57. The minimum absolute atomic E-state index is 0.209.